The Bertz CT molecular complexity index is 910. The average Bonchev–Trinajstić information content (AvgIpc) is 3.01. The maximum atomic E-state index is 12.7. The minimum Gasteiger partial charge on any atom is -0.464 e. The second-order valence-electron chi connectivity index (χ2n) is 7.62. The molecule has 3 aliphatic rings. The molecule has 1 fully saturated rings. The van der Waals surface area contributed by atoms with E-state index in [-0.39, 0.29) is 11.4 Å². The highest BCUT2D eigenvalue weighted by Crippen LogP contribution is 2.56. The van der Waals surface area contributed by atoms with Crippen molar-refractivity contribution in [1.82, 2.24) is 9.47 Å². The van der Waals surface area contributed by atoms with Gasteiger partial charge in [0.15, 0.2) is 0 Å². The second kappa shape index (κ2) is 5.21. The molecule has 1 saturated heterocycles. The van der Waals surface area contributed by atoms with Crippen LogP contribution in [0.1, 0.15) is 43.5 Å². The number of carbonyl (C=O) groups excluding carboxylic acids is 1. The van der Waals surface area contributed by atoms with Gasteiger partial charge in [0.2, 0.25) is 0 Å². The van der Waals surface area contributed by atoms with E-state index in [2.05, 4.69) is 46.7 Å². The molecular weight excluding hydrogens is 312 g/mol. The van der Waals surface area contributed by atoms with E-state index < -0.39 is 0 Å². The Labute approximate surface area is 148 Å². The molecule has 0 bridgehead atoms. The lowest BCUT2D eigenvalue weighted by Crippen LogP contribution is -2.51. The van der Waals surface area contributed by atoms with Crippen molar-refractivity contribution >= 4 is 22.6 Å². The second-order valence-corrected chi connectivity index (χ2v) is 7.62. The fourth-order valence-corrected chi connectivity index (χ4v) is 5.53. The molecule has 5 rings (SSSR count). The number of aromatic nitrogens is 1. The lowest BCUT2D eigenvalue weighted by Gasteiger charge is -2.53. The number of para-hydroxylation sites is 1. The summed E-state index contributed by atoms with van der Waals surface area (Å²) in [6.45, 7) is 4.55. The first kappa shape index (κ1) is 15.2. The summed E-state index contributed by atoms with van der Waals surface area (Å²) in [5.74, 6) is -0.225. The monoisotopic (exact) mass is 336 g/mol. The number of benzene rings is 1. The van der Waals surface area contributed by atoms with Gasteiger partial charge < -0.3 is 9.30 Å². The number of fused-ring (bicyclic) bond motifs is 3. The molecule has 2 aromatic rings. The number of carbonyl (C=O) groups is 1. The van der Waals surface area contributed by atoms with Crippen LogP contribution in [0.3, 0.4) is 0 Å². The maximum absolute atomic E-state index is 12.7. The Balaban J connectivity index is 1.89. The van der Waals surface area contributed by atoms with Crippen LogP contribution in [0.2, 0.25) is 0 Å². The van der Waals surface area contributed by atoms with Gasteiger partial charge in [0.05, 0.1) is 18.7 Å². The number of rotatable bonds is 2. The van der Waals surface area contributed by atoms with Crippen LogP contribution >= 0.6 is 0 Å². The molecular formula is C21H24N2O2. The van der Waals surface area contributed by atoms with Crippen LogP contribution in [0.5, 0.6) is 0 Å². The van der Waals surface area contributed by atoms with E-state index in [1.807, 2.05) is 0 Å². The van der Waals surface area contributed by atoms with Gasteiger partial charge in [-0.2, -0.15) is 0 Å². The van der Waals surface area contributed by atoms with Crippen LogP contribution in [0.4, 0.5) is 0 Å². The molecule has 0 spiro atoms. The molecule has 0 saturated carbocycles. The molecule has 4 heterocycles. The van der Waals surface area contributed by atoms with Gasteiger partial charge in [-0.15, -0.1) is 0 Å². The van der Waals surface area contributed by atoms with Crippen LogP contribution in [-0.4, -0.2) is 35.6 Å². The molecule has 0 aliphatic carbocycles. The smallest absolute Gasteiger partial charge is 0.354 e. The Kier molecular flexibility index (Phi) is 3.17. The highest BCUT2D eigenvalue weighted by molar-refractivity contribution is 6.13. The van der Waals surface area contributed by atoms with Crippen LogP contribution in [0, 0.1) is 5.41 Å². The summed E-state index contributed by atoms with van der Waals surface area (Å²) in [5, 5.41) is 1.30. The van der Waals surface area contributed by atoms with Crippen molar-refractivity contribution in [2.24, 2.45) is 5.41 Å². The quantitative estimate of drug-likeness (QED) is 0.783. The third-order valence-electron chi connectivity index (χ3n) is 6.64. The third-order valence-corrected chi connectivity index (χ3v) is 6.64. The lowest BCUT2D eigenvalue weighted by atomic mass is 9.66. The van der Waals surface area contributed by atoms with Crippen LogP contribution in [0.15, 0.2) is 30.3 Å². The van der Waals surface area contributed by atoms with Crippen LogP contribution < -0.4 is 0 Å². The third kappa shape index (κ3) is 1.83. The molecule has 2 atom stereocenters. The fraction of sp³-hybridized carbons (Fsp3) is 0.476. The van der Waals surface area contributed by atoms with Crippen molar-refractivity contribution in [2.45, 2.75) is 38.6 Å². The number of ether oxygens (including phenoxy) is 1. The van der Waals surface area contributed by atoms with E-state index in [9.17, 15) is 4.79 Å². The molecule has 1 aromatic carbocycles. The van der Waals surface area contributed by atoms with Crippen molar-refractivity contribution in [3.05, 3.63) is 41.6 Å². The fourth-order valence-electron chi connectivity index (χ4n) is 5.53. The number of hydrogen-bond donors (Lipinski definition) is 0. The number of piperidine rings is 1. The highest BCUT2D eigenvalue weighted by atomic mass is 16.5. The van der Waals surface area contributed by atoms with Crippen LogP contribution in [-0.2, 0) is 16.0 Å². The van der Waals surface area contributed by atoms with Crippen molar-refractivity contribution in [3.63, 3.8) is 0 Å². The predicted molar refractivity (Wildman–Crippen MR) is 98.2 cm³/mol. The molecule has 4 heteroatoms. The van der Waals surface area contributed by atoms with Crippen LogP contribution in [0.25, 0.3) is 16.6 Å². The molecule has 0 unspecified atom stereocenters. The number of nitrogens with zero attached hydrogens (tertiary/aromatic N) is 2. The van der Waals surface area contributed by atoms with Gasteiger partial charge in [0.25, 0.3) is 0 Å². The van der Waals surface area contributed by atoms with E-state index in [0.717, 1.165) is 37.9 Å². The average molecular weight is 336 g/mol. The van der Waals surface area contributed by atoms with Gasteiger partial charge in [-0.25, -0.2) is 4.79 Å². The number of esters is 1. The van der Waals surface area contributed by atoms with E-state index >= 15 is 0 Å². The highest BCUT2D eigenvalue weighted by Gasteiger charge is 2.51. The summed E-state index contributed by atoms with van der Waals surface area (Å²) in [4.78, 5) is 15.3. The summed E-state index contributed by atoms with van der Waals surface area (Å²) in [6.07, 6.45) is 6.70. The number of hydrogen-bond acceptors (Lipinski definition) is 3. The first-order valence-corrected chi connectivity index (χ1v) is 9.38. The first-order valence-electron chi connectivity index (χ1n) is 9.38. The van der Waals surface area contributed by atoms with Gasteiger partial charge in [0.1, 0.15) is 5.70 Å². The summed E-state index contributed by atoms with van der Waals surface area (Å²) in [6, 6.07) is 8.89. The summed E-state index contributed by atoms with van der Waals surface area (Å²) in [5.41, 5.74) is 4.67. The molecule has 3 aliphatic heterocycles. The zero-order chi connectivity index (χ0) is 17.2. The SMILES string of the molecule is CC[C@@]12C=C(C(=O)OC)n3c4c(c5ccccc53)CCN(CCC1)[C@@H]42. The van der Waals surface area contributed by atoms with E-state index in [1.165, 1.54) is 30.2 Å². The normalized spacial score (nSPS) is 27.8. The maximum Gasteiger partial charge on any atom is 0.354 e. The largest absolute Gasteiger partial charge is 0.464 e. The Morgan fingerprint density at radius 2 is 2.16 bits per heavy atom. The summed E-state index contributed by atoms with van der Waals surface area (Å²) < 4.78 is 7.38. The Morgan fingerprint density at radius 3 is 2.96 bits per heavy atom. The van der Waals surface area contributed by atoms with E-state index in [0.29, 0.717) is 11.7 Å². The van der Waals surface area contributed by atoms with Crippen molar-refractivity contribution in [1.29, 1.82) is 0 Å². The van der Waals surface area contributed by atoms with Crippen molar-refractivity contribution in [3.8, 4) is 0 Å². The van der Waals surface area contributed by atoms with Crippen molar-refractivity contribution in [2.75, 3.05) is 20.2 Å². The Hall–Kier alpha value is -2.07. The molecule has 25 heavy (non-hydrogen) atoms. The van der Waals surface area contributed by atoms with Gasteiger partial charge >= 0.3 is 5.97 Å². The molecule has 0 N–H and O–H groups in total. The Morgan fingerprint density at radius 1 is 1.32 bits per heavy atom. The minimum atomic E-state index is -0.225. The first-order chi connectivity index (χ1) is 12.2. The molecule has 130 valence electrons. The number of methoxy groups -OCH3 is 1. The lowest BCUT2D eigenvalue weighted by molar-refractivity contribution is -0.134. The van der Waals surface area contributed by atoms with E-state index in [4.69, 9.17) is 4.74 Å². The summed E-state index contributed by atoms with van der Waals surface area (Å²) >= 11 is 0. The molecule has 0 amide bonds. The predicted octanol–water partition coefficient (Wildman–Crippen LogP) is 3.76. The zero-order valence-corrected chi connectivity index (χ0v) is 14.9. The van der Waals surface area contributed by atoms with Gasteiger partial charge in [-0.1, -0.05) is 25.1 Å². The topological polar surface area (TPSA) is 34.5 Å². The summed E-state index contributed by atoms with van der Waals surface area (Å²) in [7, 11) is 1.49. The molecule has 0 radical (unpaired) electrons. The molecule has 4 nitrogen and oxygen atoms in total. The standard InChI is InChI=1S/C21H24N2O2/c1-3-21-10-6-11-22-12-9-15-14-7-4-5-8-16(14)23(18(15)19(21)22)17(13-21)20(24)25-2/h4-5,7-8,13,19H,3,6,9-12H2,1-2H3/t19-,21-/m0/s1. The zero-order valence-electron chi connectivity index (χ0n) is 14.9. The van der Waals surface area contributed by atoms with Gasteiger partial charge in [0, 0.05) is 23.0 Å². The minimum absolute atomic E-state index is 0.0430. The van der Waals surface area contributed by atoms with Crippen molar-refractivity contribution < 1.29 is 9.53 Å². The van der Waals surface area contributed by atoms with E-state index in [1.54, 1.807) is 0 Å². The van der Waals surface area contributed by atoms with Gasteiger partial charge in [-0.05, 0) is 49.9 Å². The molecule has 1 aromatic heterocycles. The van der Waals surface area contributed by atoms with Gasteiger partial charge in [-0.3, -0.25) is 4.90 Å².